The van der Waals surface area contributed by atoms with E-state index in [1.54, 1.807) is 13.8 Å². The van der Waals surface area contributed by atoms with E-state index in [4.69, 9.17) is 18.9 Å². The third-order valence-electron chi connectivity index (χ3n) is 3.88. The molecule has 0 amide bonds. The Labute approximate surface area is 134 Å². The molecule has 0 radical (unpaired) electrons. The van der Waals surface area contributed by atoms with Crippen molar-refractivity contribution in [1.29, 1.82) is 0 Å². The molecule has 23 heavy (non-hydrogen) atoms. The molecule has 2 heterocycles. The number of ether oxygens (including phenoxy) is 4. The van der Waals surface area contributed by atoms with Gasteiger partial charge in [-0.15, -0.1) is 0 Å². The molecule has 4 nitrogen and oxygen atoms in total. The van der Waals surface area contributed by atoms with Gasteiger partial charge >= 0.3 is 0 Å². The molecule has 0 aromatic heterocycles. The van der Waals surface area contributed by atoms with Crippen LogP contribution < -0.4 is 0 Å². The third kappa shape index (κ3) is 3.95. The summed E-state index contributed by atoms with van der Waals surface area (Å²) in [4.78, 5) is 0. The first-order valence-electron chi connectivity index (χ1n) is 7.62. The van der Waals surface area contributed by atoms with Crippen LogP contribution in [0.3, 0.4) is 0 Å². The van der Waals surface area contributed by atoms with E-state index in [2.05, 4.69) is 0 Å². The summed E-state index contributed by atoms with van der Waals surface area (Å²) in [5, 5.41) is 0. The molecular formula is C17H20F2O4. The lowest BCUT2D eigenvalue weighted by molar-refractivity contribution is -0.218. The van der Waals surface area contributed by atoms with E-state index < -0.39 is 36.5 Å². The SMILES string of the molecule is CC1(C)O[C@H]2O[C@H](CC=C(F)F)[C@H](OCc3ccccc3)[C@H]2O1. The molecule has 0 spiro atoms. The second kappa shape index (κ2) is 6.65. The molecule has 3 rings (SSSR count). The van der Waals surface area contributed by atoms with Crippen LogP contribution in [0.2, 0.25) is 0 Å². The van der Waals surface area contributed by atoms with Crippen LogP contribution in [0, 0.1) is 0 Å². The molecule has 0 saturated carbocycles. The molecule has 126 valence electrons. The van der Waals surface area contributed by atoms with Crippen LogP contribution in [0.5, 0.6) is 0 Å². The molecule has 2 saturated heterocycles. The molecule has 1 aromatic carbocycles. The van der Waals surface area contributed by atoms with E-state index in [1.807, 2.05) is 30.3 Å². The predicted molar refractivity (Wildman–Crippen MR) is 78.6 cm³/mol. The van der Waals surface area contributed by atoms with Gasteiger partial charge in [-0.1, -0.05) is 30.3 Å². The van der Waals surface area contributed by atoms with Crippen LogP contribution in [-0.2, 0) is 25.6 Å². The fourth-order valence-electron chi connectivity index (χ4n) is 2.91. The highest BCUT2D eigenvalue weighted by atomic mass is 19.3. The highest BCUT2D eigenvalue weighted by Gasteiger charge is 2.55. The van der Waals surface area contributed by atoms with Gasteiger partial charge in [0.05, 0.1) is 12.7 Å². The van der Waals surface area contributed by atoms with Crippen molar-refractivity contribution in [2.24, 2.45) is 0 Å². The van der Waals surface area contributed by atoms with Crippen molar-refractivity contribution in [3.8, 4) is 0 Å². The van der Waals surface area contributed by atoms with Gasteiger partial charge in [-0.2, -0.15) is 8.78 Å². The monoisotopic (exact) mass is 326 g/mol. The van der Waals surface area contributed by atoms with Gasteiger partial charge in [0.1, 0.15) is 12.2 Å². The van der Waals surface area contributed by atoms with E-state index >= 15 is 0 Å². The van der Waals surface area contributed by atoms with E-state index in [9.17, 15) is 8.78 Å². The summed E-state index contributed by atoms with van der Waals surface area (Å²) in [5.74, 6) is -0.768. The smallest absolute Gasteiger partial charge is 0.266 e. The molecule has 2 aliphatic heterocycles. The van der Waals surface area contributed by atoms with Crippen LogP contribution >= 0.6 is 0 Å². The molecule has 0 aliphatic carbocycles. The van der Waals surface area contributed by atoms with Gasteiger partial charge in [-0.25, -0.2) is 0 Å². The van der Waals surface area contributed by atoms with Crippen molar-refractivity contribution in [3.63, 3.8) is 0 Å². The largest absolute Gasteiger partial charge is 0.368 e. The zero-order valence-corrected chi connectivity index (χ0v) is 13.1. The van der Waals surface area contributed by atoms with Crippen LogP contribution in [0.25, 0.3) is 0 Å². The standard InChI is InChI=1S/C17H20F2O4/c1-17(2)22-15-14(20-10-11-6-4-3-5-7-11)12(8-9-13(18)19)21-16(15)23-17/h3-7,9,12,14-16H,8,10H2,1-2H3/t12-,14+,15-,16-/m1/s1. The lowest BCUT2D eigenvalue weighted by Crippen LogP contribution is -2.36. The molecule has 0 unspecified atom stereocenters. The fourth-order valence-corrected chi connectivity index (χ4v) is 2.91. The number of rotatable bonds is 5. The maximum Gasteiger partial charge on any atom is 0.266 e. The summed E-state index contributed by atoms with van der Waals surface area (Å²) in [6, 6.07) is 9.65. The Morgan fingerprint density at radius 2 is 1.96 bits per heavy atom. The zero-order chi connectivity index (χ0) is 16.4. The van der Waals surface area contributed by atoms with Crippen LogP contribution in [0.1, 0.15) is 25.8 Å². The maximum absolute atomic E-state index is 12.4. The van der Waals surface area contributed by atoms with E-state index in [0.717, 1.165) is 11.6 Å². The van der Waals surface area contributed by atoms with E-state index in [-0.39, 0.29) is 6.42 Å². The Morgan fingerprint density at radius 1 is 1.22 bits per heavy atom. The molecule has 0 N–H and O–H groups in total. The van der Waals surface area contributed by atoms with Crippen molar-refractivity contribution in [1.82, 2.24) is 0 Å². The number of fused-ring (bicyclic) bond motifs is 1. The summed E-state index contributed by atoms with van der Waals surface area (Å²) in [7, 11) is 0. The Balaban J connectivity index is 1.69. The van der Waals surface area contributed by atoms with E-state index in [0.29, 0.717) is 6.61 Å². The van der Waals surface area contributed by atoms with Gasteiger partial charge in [-0.3, -0.25) is 0 Å². The van der Waals surface area contributed by atoms with Gasteiger partial charge in [0.25, 0.3) is 6.08 Å². The molecule has 4 atom stereocenters. The Kier molecular flexibility index (Phi) is 4.77. The molecule has 2 fully saturated rings. The average molecular weight is 326 g/mol. The first-order chi connectivity index (χ1) is 10.9. The Bertz CT molecular complexity index is 557. The molecule has 2 aliphatic rings. The molecule has 1 aromatic rings. The quantitative estimate of drug-likeness (QED) is 0.828. The van der Waals surface area contributed by atoms with Gasteiger partial charge in [-0.05, 0) is 31.9 Å². The molecule has 0 bridgehead atoms. The van der Waals surface area contributed by atoms with Gasteiger partial charge in [0.15, 0.2) is 12.1 Å². The average Bonchev–Trinajstić information content (AvgIpc) is 2.95. The lowest BCUT2D eigenvalue weighted by atomic mass is 10.1. The maximum atomic E-state index is 12.4. The number of halogens is 2. The van der Waals surface area contributed by atoms with Gasteiger partial charge in [0.2, 0.25) is 0 Å². The second-order valence-electron chi connectivity index (χ2n) is 6.13. The van der Waals surface area contributed by atoms with Crippen molar-refractivity contribution >= 4 is 0 Å². The Hall–Kier alpha value is -1.34. The summed E-state index contributed by atoms with van der Waals surface area (Å²) < 4.78 is 47.9. The number of benzene rings is 1. The van der Waals surface area contributed by atoms with Gasteiger partial charge < -0.3 is 18.9 Å². The summed E-state index contributed by atoms with van der Waals surface area (Å²) >= 11 is 0. The number of hydrogen-bond donors (Lipinski definition) is 0. The first kappa shape index (κ1) is 16.5. The number of hydrogen-bond acceptors (Lipinski definition) is 4. The first-order valence-corrected chi connectivity index (χ1v) is 7.62. The van der Waals surface area contributed by atoms with Gasteiger partial charge in [0, 0.05) is 0 Å². The minimum absolute atomic E-state index is 0.0575. The normalized spacial score (nSPS) is 31.8. The lowest BCUT2D eigenvalue weighted by Gasteiger charge is -2.25. The molecule has 6 heteroatoms. The van der Waals surface area contributed by atoms with Crippen molar-refractivity contribution < 1.29 is 27.7 Å². The minimum atomic E-state index is -1.73. The van der Waals surface area contributed by atoms with Crippen LogP contribution in [0.15, 0.2) is 42.5 Å². The summed E-state index contributed by atoms with van der Waals surface area (Å²) in [5.41, 5.74) is 1.00. The van der Waals surface area contributed by atoms with Crippen molar-refractivity contribution in [3.05, 3.63) is 48.1 Å². The van der Waals surface area contributed by atoms with Crippen LogP contribution in [0.4, 0.5) is 8.78 Å². The highest BCUT2D eigenvalue weighted by Crippen LogP contribution is 2.40. The minimum Gasteiger partial charge on any atom is -0.368 e. The van der Waals surface area contributed by atoms with Crippen LogP contribution in [-0.4, -0.2) is 30.4 Å². The topological polar surface area (TPSA) is 36.9 Å². The third-order valence-corrected chi connectivity index (χ3v) is 3.88. The fraction of sp³-hybridized carbons (Fsp3) is 0.529. The zero-order valence-electron chi connectivity index (χ0n) is 13.1. The van der Waals surface area contributed by atoms with Crippen molar-refractivity contribution in [2.45, 2.75) is 57.3 Å². The summed E-state index contributed by atoms with van der Waals surface area (Å²) in [6.07, 6.45) is -2.82. The summed E-state index contributed by atoms with van der Waals surface area (Å²) in [6.45, 7) is 3.94. The predicted octanol–water partition coefficient (Wildman–Crippen LogP) is 3.62. The highest BCUT2D eigenvalue weighted by molar-refractivity contribution is 5.13. The Morgan fingerprint density at radius 3 is 2.65 bits per heavy atom. The molecular weight excluding hydrogens is 306 g/mol. The second-order valence-corrected chi connectivity index (χ2v) is 6.13. The van der Waals surface area contributed by atoms with Crippen molar-refractivity contribution in [2.75, 3.05) is 0 Å². The van der Waals surface area contributed by atoms with E-state index in [1.165, 1.54) is 0 Å².